The van der Waals surface area contributed by atoms with Crippen molar-refractivity contribution in [1.82, 2.24) is 15.2 Å². The summed E-state index contributed by atoms with van der Waals surface area (Å²) >= 11 is 0. The molecule has 0 atom stereocenters. The monoisotopic (exact) mass is 180 g/mol. The number of aromatic amines is 1. The number of halogens is 1. The smallest absolute Gasteiger partial charge is 0.212 e. The molecule has 0 unspecified atom stereocenters. The van der Waals surface area contributed by atoms with Crippen molar-refractivity contribution < 1.29 is 9.18 Å². The van der Waals surface area contributed by atoms with Gasteiger partial charge in [-0.05, 0) is 6.07 Å². The highest BCUT2D eigenvalue weighted by Crippen LogP contribution is 2.18. The lowest BCUT2D eigenvalue weighted by Gasteiger charge is -1.91. The molecule has 0 radical (unpaired) electrons. The third-order valence-corrected chi connectivity index (χ3v) is 1.58. The van der Waals surface area contributed by atoms with Gasteiger partial charge in [0.05, 0.1) is 11.6 Å². The Morgan fingerprint density at radius 2 is 2.46 bits per heavy atom. The number of carbonyl (C=O) groups is 1. The van der Waals surface area contributed by atoms with Crippen LogP contribution in [0.3, 0.4) is 0 Å². The molecule has 0 aromatic carbocycles. The summed E-state index contributed by atoms with van der Waals surface area (Å²) in [5.41, 5.74) is 0.436. The second-order valence-electron chi connectivity index (χ2n) is 2.38. The number of hydrogen-bond donors (Lipinski definition) is 2. The molecule has 0 aliphatic carbocycles. The molecule has 1 amide bonds. The Labute approximate surface area is 72.0 Å². The van der Waals surface area contributed by atoms with Crippen LogP contribution in [-0.2, 0) is 4.79 Å². The van der Waals surface area contributed by atoms with Crippen LogP contribution in [0.4, 0.5) is 10.2 Å². The molecule has 5 nitrogen and oxygen atoms in total. The Bertz CT molecular complexity index is 453. The van der Waals surface area contributed by atoms with Crippen LogP contribution in [0.5, 0.6) is 0 Å². The van der Waals surface area contributed by atoms with Crippen molar-refractivity contribution in [3.63, 3.8) is 0 Å². The second-order valence-corrected chi connectivity index (χ2v) is 2.38. The minimum absolute atomic E-state index is 0.275. The van der Waals surface area contributed by atoms with Crippen LogP contribution in [0, 0.1) is 5.82 Å². The maximum Gasteiger partial charge on any atom is 0.212 e. The molecule has 6 heteroatoms. The van der Waals surface area contributed by atoms with Gasteiger partial charge in [0.15, 0.2) is 11.5 Å². The average Bonchev–Trinajstić information content (AvgIpc) is 2.49. The molecular weight excluding hydrogens is 175 g/mol. The summed E-state index contributed by atoms with van der Waals surface area (Å²) in [6, 6.07) is 1.25. The Hall–Kier alpha value is -1.98. The molecule has 2 heterocycles. The van der Waals surface area contributed by atoms with E-state index in [1.807, 2.05) is 0 Å². The zero-order valence-electron chi connectivity index (χ0n) is 6.41. The van der Waals surface area contributed by atoms with Gasteiger partial charge in [-0.15, -0.1) is 0 Å². The van der Waals surface area contributed by atoms with E-state index in [2.05, 4.69) is 20.5 Å². The topological polar surface area (TPSA) is 70.7 Å². The first kappa shape index (κ1) is 7.66. The number of hydrogen-bond acceptors (Lipinski definition) is 3. The number of H-pyrrole nitrogens is 1. The molecule has 0 saturated heterocycles. The predicted octanol–water partition coefficient (Wildman–Crippen LogP) is 0.665. The standard InChI is InChI=1S/C7H5FN4O/c8-4-1-5-6(9-2-4)11-12-7(5)10-3-13/h1-3H,(H2,9,10,11,12,13). The van der Waals surface area contributed by atoms with E-state index in [1.165, 1.54) is 6.07 Å². The first-order chi connectivity index (χ1) is 6.31. The van der Waals surface area contributed by atoms with Crippen molar-refractivity contribution in [2.24, 2.45) is 0 Å². The van der Waals surface area contributed by atoms with Crippen molar-refractivity contribution in [1.29, 1.82) is 0 Å². The number of pyridine rings is 1. The summed E-state index contributed by atoms with van der Waals surface area (Å²) in [7, 11) is 0. The first-order valence-electron chi connectivity index (χ1n) is 3.51. The second kappa shape index (κ2) is 2.81. The average molecular weight is 180 g/mol. The number of fused-ring (bicyclic) bond motifs is 1. The molecule has 0 fully saturated rings. The Morgan fingerprint density at radius 1 is 1.62 bits per heavy atom. The number of nitrogens with zero attached hydrogens (tertiary/aromatic N) is 2. The third kappa shape index (κ3) is 1.22. The molecule has 2 aromatic rings. The van der Waals surface area contributed by atoms with Gasteiger partial charge in [-0.1, -0.05) is 0 Å². The van der Waals surface area contributed by atoms with Crippen LogP contribution in [0.15, 0.2) is 12.3 Å². The number of anilines is 1. The molecular formula is C7H5FN4O. The fourth-order valence-corrected chi connectivity index (χ4v) is 1.04. The molecule has 2 N–H and O–H groups in total. The van der Waals surface area contributed by atoms with Gasteiger partial charge in [-0.25, -0.2) is 9.37 Å². The Balaban J connectivity index is 2.64. The lowest BCUT2D eigenvalue weighted by atomic mass is 10.3. The molecule has 2 rings (SSSR count). The Morgan fingerprint density at radius 3 is 3.23 bits per heavy atom. The fraction of sp³-hybridized carbons (Fsp3) is 0. The lowest BCUT2D eigenvalue weighted by molar-refractivity contribution is -0.105. The lowest BCUT2D eigenvalue weighted by Crippen LogP contribution is -1.94. The van der Waals surface area contributed by atoms with Crippen LogP contribution in [0.2, 0.25) is 0 Å². The number of aromatic nitrogens is 3. The molecule has 13 heavy (non-hydrogen) atoms. The van der Waals surface area contributed by atoms with Gasteiger partial charge in [-0.3, -0.25) is 9.89 Å². The summed E-state index contributed by atoms with van der Waals surface area (Å²) < 4.78 is 12.7. The number of nitrogens with one attached hydrogen (secondary N) is 2. The van der Waals surface area contributed by atoms with Crippen LogP contribution in [0.25, 0.3) is 11.0 Å². The van der Waals surface area contributed by atoms with Gasteiger partial charge >= 0.3 is 0 Å². The maximum absolute atomic E-state index is 12.7. The van der Waals surface area contributed by atoms with Gasteiger partial charge < -0.3 is 5.32 Å². The zero-order valence-corrected chi connectivity index (χ0v) is 6.41. The molecule has 2 aromatic heterocycles. The third-order valence-electron chi connectivity index (χ3n) is 1.58. The quantitative estimate of drug-likeness (QED) is 0.667. The number of carbonyl (C=O) groups excluding carboxylic acids is 1. The predicted molar refractivity (Wildman–Crippen MR) is 43.5 cm³/mol. The van der Waals surface area contributed by atoms with Crippen LogP contribution in [-0.4, -0.2) is 21.6 Å². The minimum atomic E-state index is -0.470. The summed E-state index contributed by atoms with van der Waals surface area (Å²) in [5.74, 6) is -0.195. The van der Waals surface area contributed by atoms with Gasteiger partial charge in [0.25, 0.3) is 0 Å². The Kier molecular flexibility index (Phi) is 1.66. The first-order valence-corrected chi connectivity index (χ1v) is 3.51. The molecule has 0 spiro atoms. The largest absolute Gasteiger partial charge is 0.311 e. The minimum Gasteiger partial charge on any atom is -0.311 e. The molecule has 0 saturated carbocycles. The van der Waals surface area contributed by atoms with E-state index in [0.717, 1.165) is 6.20 Å². The van der Waals surface area contributed by atoms with Crippen LogP contribution >= 0.6 is 0 Å². The fourth-order valence-electron chi connectivity index (χ4n) is 1.04. The summed E-state index contributed by atoms with van der Waals surface area (Å²) in [4.78, 5) is 13.9. The summed E-state index contributed by atoms with van der Waals surface area (Å²) in [6.45, 7) is 0. The number of rotatable bonds is 2. The van der Waals surface area contributed by atoms with Gasteiger partial charge in [-0.2, -0.15) is 5.10 Å². The van der Waals surface area contributed by atoms with Crippen LogP contribution in [0.1, 0.15) is 0 Å². The summed E-state index contributed by atoms with van der Waals surface area (Å²) in [6.07, 6.45) is 1.55. The van der Waals surface area contributed by atoms with Crippen molar-refractivity contribution in [2.45, 2.75) is 0 Å². The van der Waals surface area contributed by atoms with E-state index in [0.29, 0.717) is 17.4 Å². The molecule has 0 bridgehead atoms. The van der Waals surface area contributed by atoms with Gasteiger partial charge in [0.1, 0.15) is 5.82 Å². The van der Waals surface area contributed by atoms with Crippen molar-refractivity contribution in [2.75, 3.05) is 5.32 Å². The SMILES string of the molecule is O=CNc1n[nH]c2ncc(F)cc12. The van der Waals surface area contributed by atoms with E-state index in [-0.39, 0.29) is 5.82 Å². The number of amides is 1. The highest BCUT2D eigenvalue weighted by atomic mass is 19.1. The van der Waals surface area contributed by atoms with Crippen LogP contribution < -0.4 is 5.32 Å². The van der Waals surface area contributed by atoms with E-state index in [4.69, 9.17) is 0 Å². The van der Waals surface area contributed by atoms with E-state index >= 15 is 0 Å². The highest BCUT2D eigenvalue weighted by Gasteiger charge is 2.06. The van der Waals surface area contributed by atoms with Gasteiger partial charge in [0.2, 0.25) is 6.41 Å². The molecule has 0 aliphatic heterocycles. The van der Waals surface area contributed by atoms with Crippen molar-refractivity contribution in [3.05, 3.63) is 18.1 Å². The van der Waals surface area contributed by atoms with Crippen molar-refractivity contribution >= 4 is 23.3 Å². The molecule has 66 valence electrons. The summed E-state index contributed by atoms with van der Waals surface area (Å²) in [5, 5.41) is 9.06. The zero-order chi connectivity index (χ0) is 9.26. The highest BCUT2D eigenvalue weighted by molar-refractivity contribution is 5.91. The molecule has 0 aliphatic rings. The normalized spacial score (nSPS) is 10.2. The van der Waals surface area contributed by atoms with E-state index < -0.39 is 5.82 Å². The maximum atomic E-state index is 12.7. The van der Waals surface area contributed by atoms with E-state index in [9.17, 15) is 9.18 Å². The van der Waals surface area contributed by atoms with Gasteiger partial charge in [0, 0.05) is 0 Å². The van der Waals surface area contributed by atoms with Crippen molar-refractivity contribution in [3.8, 4) is 0 Å². The van der Waals surface area contributed by atoms with E-state index in [1.54, 1.807) is 0 Å².